The molecule has 1 atom stereocenters. The van der Waals surface area contributed by atoms with Crippen LogP contribution in [-0.4, -0.2) is 5.91 Å². The SMILES string of the molecule is C[C@H](C(=O)NN)C1CC1. The Labute approximate surface area is 54.6 Å². The van der Waals surface area contributed by atoms with E-state index < -0.39 is 0 Å². The first-order valence-corrected chi connectivity index (χ1v) is 3.26. The van der Waals surface area contributed by atoms with Crippen LogP contribution in [0.15, 0.2) is 0 Å². The molecule has 1 saturated carbocycles. The molecule has 0 aliphatic heterocycles. The molecular formula is C6H12N2O. The van der Waals surface area contributed by atoms with Gasteiger partial charge in [-0.2, -0.15) is 0 Å². The van der Waals surface area contributed by atoms with Gasteiger partial charge in [0, 0.05) is 5.92 Å². The van der Waals surface area contributed by atoms with E-state index >= 15 is 0 Å². The first-order chi connectivity index (χ1) is 4.25. The maximum absolute atomic E-state index is 10.8. The van der Waals surface area contributed by atoms with Crippen LogP contribution in [0, 0.1) is 11.8 Å². The van der Waals surface area contributed by atoms with Crippen molar-refractivity contribution in [1.29, 1.82) is 0 Å². The molecule has 52 valence electrons. The largest absolute Gasteiger partial charge is 0.294 e. The molecule has 1 rings (SSSR count). The van der Waals surface area contributed by atoms with Gasteiger partial charge in [0.15, 0.2) is 0 Å². The van der Waals surface area contributed by atoms with Gasteiger partial charge in [-0.3, -0.25) is 10.2 Å². The second kappa shape index (κ2) is 2.35. The smallest absolute Gasteiger partial charge is 0.236 e. The molecule has 0 saturated heterocycles. The molecule has 1 aliphatic rings. The van der Waals surface area contributed by atoms with E-state index in [1.54, 1.807) is 0 Å². The van der Waals surface area contributed by atoms with Gasteiger partial charge in [0.2, 0.25) is 5.91 Å². The topological polar surface area (TPSA) is 55.1 Å². The highest BCUT2D eigenvalue weighted by molar-refractivity contribution is 5.78. The highest BCUT2D eigenvalue weighted by Gasteiger charge is 2.31. The van der Waals surface area contributed by atoms with Gasteiger partial charge in [0.25, 0.3) is 0 Å². The number of hydrazine groups is 1. The monoisotopic (exact) mass is 128 g/mol. The predicted molar refractivity (Wildman–Crippen MR) is 34.2 cm³/mol. The Morgan fingerprint density at radius 1 is 1.78 bits per heavy atom. The second-order valence-corrected chi connectivity index (χ2v) is 2.63. The lowest BCUT2D eigenvalue weighted by molar-refractivity contribution is -0.125. The maximum Gasteiger partial charge on any atom is 0.236 e. The number of nitrogens with two attached hydrogens (primary N) is 1. The zero-order valence-corrected chi connectivity index (χ0v) is 5.55. The van der Waals surface area contributed by atoms with Crippen molar-refractivity contribution < 1.29 is 4.79 Å². The van der Waals surface area contributed by atoms with Crippen molar-refractivity contribution in [1.82, 2.24) is 5.43 Å². The van der Waals surface area contributed by atoms with Crippen molar-refractivity contribution in [3.05, 3.63) is 0 Å². The Kier molecular flexibility index (Phi) is 1.71. The average Bonchev–Trinajstić information content (AvgIpc) is 2.66. The van der Waals surface area contributed by atoms with E-state index in [2.05, 4.69) is 5.43 Å². The summed E-state index contributed by atoms with van der Waals surface area (Å²) in [7, 11) is 0. The van der Waals surface area contributed by atoms with E-state index in [1.165, 1.54) is 12.8 Å². The summed E-state index contributed by atoms with van der Waals surface area (Å²) in [6.07, 6.45) is 2.38. The summed E-state index contributed by atoms with van der Waals surface area (Å²) in [5.74, 6) is 5.63. The molecule has 0 unspecified atom stereocenters. The number of nitrogens with one attached hydrogen (secondary N) is 1. The molecule has 0 aromatic rings. The average molecular weight is 128 g/mol. The summed E-state index contributed by atoms with van der Waals surface area (Å²) in [5.41, 5.74) is 2.15. The molecule has 1 amide bonds. The van der Waals surface area contributed by atoms with Gasteiger partial charge in [-0.05, 0) is 18.8 Å². The van der Waals surface area contributed by atoms with Crippen LogP contribution in [0.5, 0.6) is 0 Å². The lowest BCUT2D eigenvalue weighted by Gasteiger charge is -2.05. The second-order valence-electron chi connectivity index (χ2n) is 2.63. The van der Waals surface area contributed by atoms with Crippen molar-refractivity contribution >= 4 is 5.91 Å². The van der Waals surface area contributed by atoms with Crippen LogP contribution in [0.25, 0.3) is 0 Å². The number of hydrogen-bond donors (Lipinski definition) is 2. The number of amides is 1. The molecule has 9 heavy (non-hydrogen) atoms. The summed E-state index contributed by atoms with van der Waals surface area (Å²) < 4.78 is 0. The van der Waals surface area contributed by atoms with Crippen molar-refractivity contribution in [3.8, 4) is 0 Å². The third-order valence-electron chi connectivity index (χ3n) is 1.88. The van der Waals surface area contributed by atoms with Crippen molar-refractivity contribution in [3.63, 3.8) is 0 Å². The standard InChI is InChI=1S/C6H12N2O/c1-4(5-2-3-5)6(9)8-7/h4-5H,2-3,7H2,1H3,(H,8,9)/t4-/m0/s1. The minimum atomic E-state index is -0.0301. The van der Waals surface area contributed by atoms with Gasteiger partial charge in [-0.15, -0.1) is 0 Å². The fourth-order valence-electron chi connectivity index (χ4n) is 0.942. The van der Waals surface area contributed by atoms with E-state index in [9.17, 15) is 4.79 Å². The van der Waals surface area contributed by atoms with E-state index in [4.69, 9.17) is 5.84 Å². The molecule has 3 heteroatoms. The van der Waals surface area contributed by atoms with Crippen LogP contribution in [0.3, 0.4) is 0 Å². The highest BCUT2D eigenvalue weighted by Crippen LogP contribution is 2.36. The van der Waals surface area contributed by atoms with Crippen molar-refractivity contribution in [2.75, 3.05) is 0 Å². The van der Waals surface area contributed by atoms with Gasteiger partial charge in [0.05, 0.1) is 0 Å². The van der Waals surface area contributed by atoms with Crippen LogP contribution < -0.4 is 11.3 Å². The van der Waals surface area contributed by atoms with Crippen LogP contribution in [-0.2, 0) is 4.79 Å². The molecule has 1 fully saturated rings. The normalized spacial score (nSPS) is 21.1. The molecule has 3 nitrogen and oxygen atoms in total. The summed E-state index contributed by atoms with van der Waals surface area (Å²) in [6, 6.07) is 0. The maximum atomic E-state index is 10.8. The number of rotatable bonds is 2. The predicted octanol–water partition coefficient (Wildman–Crippen LogP) is 0.0224. The third kappa shape index (κ3) is 1.42. The lowest BCUT2D eigenvalue weighted by Crippen LogP contribution is -2.35. The highest BCUT2D eigenvalue weighted by atomic mass is 16.2. The fourth-order valence-corrected chi connectivity index (χ4v) is 0.942. The third-order valence-corrected chi connectivity index (χ3v) is 1.88. The van der Waals surface area contributed by atoms with Crippen LogP contribution in [0.1, 0.15) is 19.8 Å². The Morgan fingerprint density at radius 2 is 2.33 bits per heavy atom. The lowest BCUT2D eigenvalue weighted by atomic mass is 10.1. The summed E-state index contributed by atoms with van der Waals surface area (Å²) in [5, 5.41) is 0. The summed E-state index contributed by atoms with van der Waals surface area (Å²) in [6.45, 7) is 1.92. The van der Waals surface area contributed by atoms with Crippen molar-refractivity contribution in [2.45, 2.75) is 19.8 Å². The molecule has 1 aliphatic carbocycles. The molecule has 0 radical (unpaired) electrons. The van der Waals surface area contributed by atoms with E-state index in [0.29, 0.717) is 5.92 Å². The van der Waals surface area contributed by atoms with Gasteiger partial charge in [0.1, 0.15) is 0 Å². The van der Waals surface area contributed by atoms with E-state index in [-0.39, 0.29) is 11.8 Å². The Hall–Kier alpha value is -0.570. The van der Waals surface area contributed by atoms with Gasteiger partial charge >= 0.3 is 0 Å². The molecule has 0 aromatic heterocycles. The van der Waals surface area contributed by atoms with Crippen molar-refractivity contribution in [2.24, 2.45) is 17.7 Å². The number of carbonyl (C=O) groups is 1. The Balaban J connectivity index is 2.30. The van der Waals surface area contributed by atoms with Gasteiger partial charge < -0.3 is 0 Å². The Bertz CT molecular complexity index is 120. The zero-order valence-electron chi connectivity index (χ0n) is 5.55. The quantitative estimate of drug-likeness (QED) is 0.313. The van der Waals surface area contributed by atoms with Gasteiger partial charge in [-0.1, -0.05) is 6.92 Å². The van der Waals surface area contributed by atoms with E-state index in [1.807, 2.05) is 6.92 Å². The molecule has 0 heterocycles. The minimum Gasteiger partial charge on any atom is -0.294 e. The van der Waals surface area contributed by atoms with Crippen LogP contribution >= 0.6 is 0 Å². The van der Waals surface area contributed by atoms with Crippen LogP contribution in [0.2, 0.25) is 0 Å². The minimum absolute atomic E-state index is 0.0301. The molecule has 0 spiro atoms. The Morgan fingerprint density at radius 3 is 2.67 bits per heavy atom. The fraction of sp³-hybridized carbons (Fsp3) is 0.833. The van der Waals surface area contributed by atoms with E-state index in [0.717, 1.165) is 0 Å². The molecule has 0 aromatic carbocycles. The van der Waals surface area contributed by atoms with Crippen LogP contribution in [0.4, 0.5) is 0 Å². The first kappa shape index (κ1) is 6.55. The van der Waals surface area contributed by atoms with Gasteiger partial charge in [-0.25, -0.2) is 5.84 Å². The summed E-state index contributed by atoms with van der Waals surface area (Å²) in [4.78, 5) is 10.8. The number of carbonyl (C=O) groups excluding carboxylic acids is 1. The molecule has 0 bridgehead atoms. The number of hydrogen-bond acceptors (Lipinski definition) is 2. The summed E-state index contributed by atoms with van der Waals surface area (Å²) >= 11 is 0. The zero-order chi connectivity index (χ0) is 6.85. The molecule has 3 N–H and O–H groups in total. The molecular weight excluding hydrogens is 116 g/mol. The first-order valence-electron chi connectivity index (χ1n) is 3.26.